The first-order chi connectivity index (χ1) is 9.58. The van der Waals surface area contributed by atoms with E-state index in [-0.39, 0.29) is 5.91 Å². The second-order valence-corrected chi connectivity index (χ2v) is 5.86. The molecule has 1 saturated heterocycles. The van der Waals surface area contributed by atoms with Crippen LogP contribution < -0.4 is 11.1 Å². The highest BCUT2D eigenvalue weighted by Crippen LogP contribution is 2.17. The largest absolute Gasteiger partial charge is 0.398 e. The van der Waals surface area contributed by atoms with Crippen LogP contribution in [-0.2, 0) is 0 Å². The molecule has 1 atom stereocenters. The number of rotatable bonds is 4. The van der Waals surface area contributed by atoms with Gasteiger partial charge in [-0.15, -0.1) is 0 Å². The van der Waals surface area contributed by atoms with Crippen LogP contribution in [0.5, 0.6) is 0 Å². The Hall–Kier alpha value is -1.55. The fourth-order valence-electron chi connectivity index (χ4n) is 2.64. The monoisotopic (exact) mass is 275 g/mol. The van der Waals surface area contributed by atoms with Gasteiger partial charge in [-0.25, -0.2) is 0 Å². The van der Waals surface area contributed by atoms with Crippen molar-refractivity contribution in [3.8, 4) is 0 Å². The summed E-state index contributed by atoms with van der Waals surface area (Å²) in [5, 5.41) is 2.99. The fraction of sp³-hybridized carbons (Fsp3) is 0.562. The van der Waals surface area contributed by atoms with Crippen LogP contribution in [-0.4, -0.2) is 36.5 Å². The first-order valence-electron chi connectivity index (χ1n) is 7.44. The highest BCUT2D eigenvalue weighted by atomic mass is 16.1. The minimum absolute atomic E-state index is 0.0830. The van der Waals surface area contributed by atoms with Crippen LogP contribution >= 0.6 is 0 Å². The molecule has 0 aromatic heterocycles. The van der Waals surface area contributed by atoms with E-state index in [1.54, 1.807) is 12.1 Å². The van der Waals surface area contributed by atoms with E-state index in [1.165, 1.54) is 12.8 Å². The molecule has 1 unspecified atom stereocenters. The second kappa shape index (κ2) is 6.75. The number of benzene rings is 1. The second-order valence-electron chi connectivity index (χ2n) is 5.86. The van der Waals surface area contributed by atoms with Gasteiger partial charge in [-0.1, -0.05) is 19.1 Å². The van der Waals surface area contributed by atoms with Crippen molar-refractivity contribution in [2.45, 2.75) is 32.7 Å². The van der Waals surface area contributed by atoms with E-state index in [2.05, 4.69) is 24.1 Å². The number of nitrogens with one attached hydrogen (secondary N) is 1. The molecule has 0 spiro atoms. The van der Waals surface area contributed by atoms with Gasteiger partial charge >= 0.3 is 0 Å². The van der Waals surface area contributed by atoms with Crippen molar-refractivity contribution in [3.05, 3.63) is 29.8 Å². The van der Waals surface area contributed by atoms with Gasteiger partial charge in [0.2, 0.25) is 0 Å². The van der Waals surface area contributed by atoms with Crippen molar-refractivity contribution in [3.63, 3.8) is 0 Å². The number of nitrogens with two attached hydrogens (primary N) is 1. The Morgan fingerprint density at radius 3 is 2.70 bits per heavy atom. The van der Waals surface area contributed by atoms with Crippen LogP contribution in [0.25, 0.3) is 0 Å². The number of anilines is 1. The summed E-state index contributed by atoms with van der Waals surface area (Å²) in [6, 6.07) is 7.56. The molecule has 2 rings (SSSR count). The van der Waals surface area contributed by atoms with E-state index in [4.69, 9.17) is 5.73 Å². The molecule has 0 saturated carbocycles. The Morgan fingerprint density at radius 2 is 2.05 bits per heavy atom. The van der Waals surface area contributed by atoms with E-state index < -0.39 is 0 Å². The molecule has 20 heavy (non-hydrogen) atoms. The number of para-hydroxylation sites is 1. The molecule has 1 aliphatic rings. The van der Waals surface area contributed by atoms with Gasteiger partial charge in [-0.05, 0) is 50.9 Å². The van der Waals surface area contributed by atoms with E-state index in [9.17, 15) is 4.79 Å². The van der Waals surface area contributed by atoms with Gasteiger partial charge in [-0.3, -0.25) is 9.69 Å². The van der Waals surface area contributed by atoms with Crippen LogP contribution in [0.3, 0.4) is 0 Å². The topological polar surface area (TPSA) is 58.4 Å². The molecular weight excluding hydrogens is 250 g/mol. The number of piperidine rings is 1. The summed E-state index contributed by atoms with van der Waals surface area (Å²) in [7, 11) is 0. The third kappa shape index (κ3) is 3.73. The number of carbonyl (C=O) groups excluding carboxylic acids is 1. The summed E-state index contributed by atoms with van der Waals surface area (Å²) in [4.78, 5) is 14.5. The van der Waals surface area contributed by atoms with Gasteiger partial charge < -0.3 is 11.1 Å². The highest BCUT2D eigenvalue weighted by molar-refractivity contribution is 5.99. The Labute approximate surface area is 121 Å². The number of carbonyl (C=O) groups is 1. The first-order valence-corrected chi connectivity index (χ1v) is 7.44. The smallest absolute Gasteiger partial charge is 0.253 e. The SMILES string of the molecule is CC1CCN(C(C)CNC(=O)c2ccccc2N)CC1. The van der Waals surface area contributed by atoms with E-state index in [0.717, 1.165) is 19.0 Å². The number of hydrogen-bond donors (Lipinski definition) is 2. The third-order valence-electron chi connectivity index (χ3n) is 4.21. The summed E-state index contributed by atoms with van der Waals surface area (Å²) in [6.07, 6.45) is 2.51. The lowest BCUT2D eigenvalue weighted by Crippen LogP contribution is -2.45. The number of nitrogens with zero attached hydrogens (tertiary/aromatic N) is 1. The summed E-state index contributed by atoms with van der Waals surface area (Å²) < 4.78 is 0. The van der Waals surface area contributed by atoms with Crippen LogP contribution in [0.1, 0.15) is 37.0 Å². The quantitative estimate of drug-likeness (QED) is 0.828. The van der Waals surface area contributed by atoms with Crippen LogP contribution in [0.15, 0.2) is 24.3 Å². The number of amides is 1. The fourth-order valence-corrected chi connectivity index (χ4v) is 2.64. The van der Waals surface area contributed by atoms with Crippen molar-refractivity contribution in [2.24, 2.45) is 5.92 Å². The average molecular weight is 275 g/mol. The molecule has 0 radical (unpaired) electrons. The molecule has 1 aromatic rings. The predicted molar refractivity (Wildman–Crippen MR) is 82.6 cm³/mol. The molecule has 4 nitrogen and oxygen atoms in total. The van der Waals surface area contributed by atoms with Crippen LogP contribution in [0, 0.1) is 5.92 Å². The summed E-state index contributed by atoms with van der Waals surface area (Å²) in [6.45, 7) is 7.41. The van der Waals surface area contributed by atoms with Crippen molar-refractivity contribution in [2.75, 3.05) is 25.4 Å². The zero-order chi connectivity index (χ0) is 14.5. The van der Waals surface area contributed by atoms with E-state index >= 15 is 0 Å². The van der Waals surface area contributed by atoms with E-state index in [1.807, 2.05) is 12.1 Å². The third-order valence-corrected chi connectivity index (χ3v) is 4.21. The minimum Gasteiger partial charge on any atom is -0.398 e. The van der Waals surface area contributed by atoms with Gasteiger partial charge in [0.05, 0.1) is 5.56 Å². The number of nitrogen functional groups attached to an aromatic ring is 1. The van der Waals surface area contributed by atoms with E-state index in [0.29, 0.717) is 23.8 Å². The van der Waals surface area contributed by atoms with Gasteiger partial charge in [0.25, 0.3) is 5.91 Å². The van der Waals surface area contributed by atoms with Gasteiger partial charge in [-0.2, -0.15) is 0 Å². The molecule has 1 aliphatic heterocycles. The Morgan fingerprint density at radius 1 is 1.40 bits per heavy atom. The molecule has 1 fully saturated rings. The first kappa shape index (κ1) is 14.9. The van der Waals surface area contributed by atoms with Gasteiger partial charge in [0, 0.05) is 18.3 Å². The molecular formula is C16H25N3O. The molecule has 0 aliphatic carbocycles. The average Bonchev–Trinajstić information content (AvgIpc) is 2.45. The van der Waals surface area contributed by atoms with Gasteiger partial charge in [0.15, 0.2) is 0 Å². The minimum atomic E-state index is -0.0830. The van der Waals surface area contributed by atoms with Crippen molar-refractivity contribution in [1.82, 2.24) is 10.2 Å². The molecule has 4 heteroatoms. The highest BCUT2D eigenvalue weighted by Gasteiger charge is 2.20. The lowest BCUT2D eigenvalue weighted by Gasteiger charge is -2.35. The Bertz CT molecular complexity index is 453. The molecule has 110 valence electrons. The van der Waals surface area contributed by atoms with Crippen LogP contribution in [0.4, 0.5) is 5.69 Å². The maximum absolute atomic E-state index is 12.1. The lowest BCUT2D eigenvalue weighted by molar-refractivity contribution is 0.0922. The Balaban J connectivity index is 1.83. The summed E-state index contributed by atoms with van der Waals surface area (Å²) >= 11 is 0. The normalized spacial score (nSPS) is 18.7. The van der Waals surface area contributed by atoms with Gasteiger partial charge in [0.1, 0.15) is 0 Å². The van der Waals surface area contributed by atoms with Crippen molar-refractivity contribution < 1.29 is 4.79 Å². The summed E-state index contributed by atoms with van der Waals surface area (Å²) in [5.41, 5.74) is 6.91. The Kier molecular flexibility index (Phi) is 5.01. The molecule has 3 N–H and O–H groups in total. The number of hydrogen-bond acceptors (Lipinski definition) is 3. The van der Waals surface area contributed by atoms with Crippen molar-refractivity contribution >= 4 is 11.6 Å². The molecule has 1 heterocycles. The lowest BCUT2D eigenvalue weighted by atomic mass is 9.98. The molecule has 1 amide bonds. The molecule has 0 bridgehead atoms. The maximum Gasteiger partial charge on any atom is 0.253 e. The predicted octanol–water partition coefficient (Wildman–Crippen LogP) is 2.12. The zero-order valence-electron chi connectivity index (χ0n) is 12.4. The standard InChI is InChI=1S/C16H25N3O/c1-12-7-9-19(10-8-12)13(2)11-18-16(20)14-5-3-4-6-15(14)17/h3-6,12-13H,7-11,17H2,1-2H3,(H,18,20). The zero-order valence-corrected chi connectivity index (χ0v) is 12.4. The summed E-state index contributed by atoms with van der Waals surface area (Å²) in [5.74, 6) is 0.748. The number of likely N-dealkylation sites (tertiary alicyclic amines) is 1. The van der Waals surface area contributed by atoms with Crippen molar-refractivity contribution in [1.29, 1.82) is 0 Å². The maximum atomic E-state index is 12.1. The molecule has 1 aromatic carbocycles. The van der Waals surface area contributed by atoms with Crippen LogP contribution in [0.2, 0.25) is 0 Å².